The van der Waals surface area contributed by atoms with Crippen molar-refractivity contribution in [1.82, 2.24) is 4.90 Å². The van der Waals surface area contributed by atoms with Crippen LogP contribution >= 0.6 is 17.0 Å². The number of rotatable bonds is 3. The zero-order valence-corrected chi connectivity index (χ0v) is 15.5. The molecule has 4 heteroatoms. The molecule has 3 aliphatic rings. The number of nitrogens with zero attached hydrogens (tertiary/aromatic N) is 1. The van der Waals surface area contributed by atoms with Crippen LogP contribution in [0.5, 0.6) is 5.75 Å². The second-order valence-electron chi connectivity index (χ2n) is 7.44. The Morgan fingerprint density at radius 2 is 2.13 bits per heavy atom. The third-order valence-corrected chi connectivity index (χ3v) is 6.22. The highest BCUT2D eigenvalue weighted by Gasteiger charge is 2.47. The molecule has 0 aromatic heterocycles. The van der Waals surface area contributed by atoms with E-state index in [9.17, 15) is 5.11 Å². The molecular weight excluding hydrogens is 354 g/mol. The Balaban J connectivity index is 0.00000156. The van der Waals surface area contributed by atoms with Crippen LogP contribution in [0.3, 0.4) is 0 Å². The van der Waals surface area contributed by atoms with Gasteiger partial charge in [-0.1, -0.05) is 18.6 Å². The van der Waals surface area contributed by atoms with Gasteiger partial charge in [-0.3, -0.25) is 0 Å². The van der Waals surface area contributed by atoms with Crippen LogP contribution in [0.4, 0.5) is 0 Å². The van der Waals surface area contributed by atoms with E-state index in [1.54, 1.807) is 6.07 Å². The zero-order valence-electron chi connectivity index (χ0n) is 13.7. The molecule has 128 valence electrons. The van der Waals surface area contributed by atoms with Gasteiger partial charge >= 0.3 is 0 Å². The van der Waals surface area contributed by atoms with E-state index in [0.29, 0.717) is 17.3 Å². The molecular formula is C19H28BrNO2. The summed E-state index contributed by atoms with van der Waals surface area (Å²) < 4.78 is 5.82. The molecule has 1 aliphatic carbocycles. The summed E-state index contributed by atoms with van der Waals surface area (Å²) in [6.45, 7) is 4.45. The number of phenolic OH excluding ortho intramolecular Hbond substituents is 1. The molecule has 0 spiro atoms. The Labute approximate surface area is 149 Å². The van der Waals surface area contributed by atoms with E-state index in [2.05, 4.69) is 11.0 Å². The van der Waals surface area contributed by atoms with Gasteiger partial charge in [-0.15, -0.1) is 17.0 Å². The molecule has 0 amide bonds. The van der Waals surface area contributed by atoms with E-state index in [1.807, 2.05) is 12.1 Å². The van der Waals surface area contributed by atoms with Crippen molar-refractivity contribution in [3.8, 4) is 5.75 Å². The Morgan fingerprint density at radius 1 is 1.22 bits per heavy atom. The molecule has 1 saturated carbocycles. The molecule has 2 aliphatic heterocycles. The van der Waals surface area contributed by atoms with E-state index >= 15 is 0 Å². The van der Waals surface area contributed by atoms with Gasteiger partial charge < -0.3 is 14.7 Å². The van der Waals surface area contributed by atoms with Crippen LogP contribution in [0.25, 0.3) is 0 Å². The minimum atomic E-state index is 0. The van der Waals surface area contributed by atoms with Gasteiger partial charge in [0.15, 0.2) is 0 Å². The summed E-state index contributed by atoms with van der Waals surface area (Å²) in [7, 11) is 0. The Morgan fingerprint density at radius 3 is 2.91 bits per heavy atom. The first-order chi connectivity index (χ1) is 10.8. The van der Waals surface area contributed by atoms with E-state index in [-0.39, 0.29) is 17.0 Å². The number of likely N-dealkylation sites (tertiary alicyclic amines) is 1. The molecule has 3 unspecified atom stereocenters. The zero-order chi connectivity index (χ0) is 15.0. The maximum atomic E-state index is 9.88. The van der Waals surface area contributed by atoms with Crippen molar-refractivity contribution in [2.45, 2.75) is 50.0 Å². The average Bonchev–Trinajstić information content (AvgIpc) is 3.17. The number of hydrogen-bond acceptors (Lipinski definition) is 3. The molecule has 1 N–H and O–H groups in total. The number of aromatic hydroxyl groups is 1. The first kappa shape index (κ1) is 17.2. The summed E-state index contributed by atoms with van der Waals surface area (Å²) in [6, 6.07) is 8.03. The van der Waals surface area contributed by atoms with Crippen molar-refractivity contribution in [3.05, 3.63) is 29.8 Å². The standard InChI is InChI=1S/C19H27NO2.BrH/c21-17-6-1-4-15(12-17)19-8-2-5-16(19)13-20(10-9-19)14-18-7-3-11-22-18;/h1,4,6,12,16,18,21H,2-3,5,7-11,13-14H2;1H. The minimum Gasteiger partial charge on any atom is -0.508 e. The normalized spacial score (nSPS) is 34.1. The third kappa shape index (κ3) is 3.31. The van der Waals surface area contributed by atoms with Crippen LogP contribution in [0.2, 0.25) is 0 Å². The van der Waals surface area contributed by atoms with Crippen molar-refractivity contribution in [1.29, 1.82) is 0 Å². The van der Waals surface area contributed by atoms with Crippen molar-refractivity contribution < 1.29 is 9.84 Å². The van der Waals surface area contributed by atoms with Gasteiger partial charge in [0.1, 0.15) is 5.75 Å². The third-order valence-electron chi connectivity index (χ3n) is 6.22. The maximum absolute atomic E-state index is 9.88. The highest BCUT2D eigenvalue weighted by Crippen LogP contribution is 2.51. The second-order valence-corrected chi connectivity index (χ2v) is 7.44. The van der Waals surface area contributed by atoms with Crippen molar-refractivity contribution in [3.63, 3.8) is 0 Å². The monoisotopic (exact) mass is 381 g/mol. The number of phenols is 1. The molecule has 0 bridgehead atoms. The second kappa shape index (κ2) is 7.12. The van der Waals surface area contributed by atoms with Gasteiger partial charge in [-0.25, -0.2) is 0 Å². The van der Waals surface area contributed by atoms with Crippen LogP contribution in [0, 0.1) is 5.92 Å². The lowest BCUT2D eigenvalue weighted by atomic mass is 9.67. The highest BCUT2D eigenvalue weighted by atomic mass is 79.9. The first-order valence-corrected chi connectivity index (χ1v) is 8.90. The Hall–Kier alpha value is -0.580. The number of hydrogen-bond donors (Lipinski definition) is 1. The van der Waals surface area contributed by atoms with Crippen molar-refractivity contribution in [2.24, 2.45) is 5.92 Å². The van der Waals surface area contributed by atoms with E-state index < -0.39 is 0 Å². The van der Waals surface area contributed by atoms with Crippen LogP contribution in [-0.2, 0) is 10.2 Å². The van der Waals surface area contributed by atoms with E-state index in [0.717, 1.165) is 19.1 Å². The fraction of sp³-hybridized carbons (Fsp3) is 0.684. The smallest absolute Gasteiger partial charge is 0.115 e. The van der Waals surface area contributed by atoms with Gasteiger partial charge in [0, 0.05) is 25.1 Å². The maximum Gasteiger partial charge on any atom is 0.115 e. The van der Waals surface area contributed by atoms with Gasteiger partial charge in [0.05, 0.1) is 6.10 Å². The summed E-state index contributed by atoms with van der Waals surface area (Å²) in [5.41, 5.74) is 1.68. The summed E-state index contributed by atoms with van der Waals surface area (Å²) in [5.74, 6) is 1.16. The summed E-state index contributed by atoms with van der Waals surface area (Å²) >= 11 is 0. The number of ether oxygens (including phenoxy) is 1. The largest absolute Gasteiger partial charge is 0.508 e. The topological polar surface area (TPSA) is 32.7 Å². The van der Waals surface area contributed by atoms with Crippen molar-refractivity contribution >= 4 is 17.0 Å². The molecule has 3 atom stereocenters. The Kier molecular flexibility index (Phi) is 5.34. The molecule has 1 aromatic carbocycles. The molecule has 4 rings (SSSR count). The van der Waals surface area contributed by atoms with Gasteiger partial charge in [0.2, 0.25) is 0 Å². The molecule has 1 aromatic rings. The number of halogens is 1. The molecule has 23 heavy (non-hydrogen) atoms. The molecule has 3 nitrogen and oxygen atoms in total. The lowest BCUT2D eigenvalue weighted by Gasteiger charge is -2.45. The van der Waals surface area contributed by atoms with Crippen LogP contribution in [0.15, 0.2) is 24.3 Å². The average molecular weight is 382 g/mol. The highest BCUT2D eigenvalue weighted by molar-refractivity contribution is 8.93. The fourth-order valence-corrected chi connectivity index (χ4v) is 5.08. The first-order valence-electron chi connectivity index (χ1n) is 8.90. The summed E-state index contributed by atoms with van der Waals surface area (Å²) in [4.78, 5) is 2.63. The fourth-order valence-electron chi connectivity index (χ4n) is 5.08. The van der Waals surface area contributed by atoms with Gasteiger partial charge in [-0.2, -0.15) is 0 Å². The number of fused-ring (bicyclic) bond motifs is 1. The van der Waals surface area contributed by atoms with Crippen LogP contribution in [0.1, 0.15) is 44.1 Å². The number of benzene rings is 1. The minimum absolute atomic E-state index is 0. The number of piperidine rings is 1. The molecule has 2 heterocycles. The van der Waals surface area contributed by atoms with Crippen molar-refractivity contribution in [2.75, 3.05) is 26.2 Å². The van der Waals surface area contributed by atoms with Gasteiger partial charge in [0.25, 0.3) is 0 Å². The van der Waals surface area contributed by atoms with Gasteiger partial charge in [-0.05, 0) is 62.3 Å². The SMILES string of the molecule is Br.Oc1cccc(C23CCCC2CN(CC2CCCO2)CC3)c1. The predicted molar refractivity (Wildman–Crippen MR) is 97.5 cm³/mol. The lowest BCUT2D eigenvalue weighted by molar-refractivity contribution is 0.0400. The Bertz CT molecular complexity index is 532. The molecule has 2 saturated heterocycles. The van der Waals surface area contributed by atoms with E-state index in [4.69, 9.17) is 4.74 Å². The van der Waals surface area contributed by atoms with E-state index in [1.165, 1.54) is 57.2 Å². The summed E-state index contributed by atoms with van der Waals surface area (Å²) in [6.07, 6.45) is 8.11. The lowest BCUT2D eigenvalue weighted by Crippen LogP contribution is -2.49. The van der Waals surface area contributed by atoms with Crippen LogP contribution < -0.4 is 0 Å². The predicted octanol–water partition coefficient (Wildman–Crippen LogP) is 3.89. The quantitative estimate of drug-likeness (QED) is 0.861. The molecule has 0 radical (unpaired) electrons. The molecule has 3 fully saturated rings. The van der Waals surface area contributed by atoms with Crippen LogP contribution in [-0.4, -0.2) is 42.4 Å². The summed E-state index contributed by atoms with van der Waals surface area (Å²) in [5, 5.41) is 9.88.